The zero-order valence-electron chi connectivity index (χ0n) is 9.58. The van der Waals surface area contributed by atoms with Crippen molar-refractivity contribution in [3.05, 3.63) is 0 Å². The Labute approximate surface area is 91.2 Å². The van der Waals surface area contributed by atoms with Gasteiger partial charge in [-0.1, -0.05) is 0 Å². The van der Waals surface area contributed by atoms with Gasteiger partial charge in [-0.05, 0) is 7.05 Å². The summed E-state index contributed by atoms with van der Waals surface area (Å²) in [5, 5.41) is 5.73. The predicted molar refractivity (Wildman–Crippen MR) is 58.8 cm³/mol. The van der Waals surface area contributed by atoms with Crippen LogP contribution in [0.25, 0.3) is 0 Å². The van der Waals surface area contributed by atoms with E-state index in [1.807, 2.05) is 7.05 Å². The van der Waals surface area contributed by atoms with Crippen LogP contribution in [0.15, 0.2) is 0 Å². The van der Waals surface area contributed by atoms with E-state index in [2.05, 4.69) is 15.5 Å². The first-order valence-electron chi connectivity index (χ1n) is 5.45. The van der Waals surface area contributed by atoms with Gasteiger partial charge < -0.3 is 15.4 Å². The van der Waals surface area contributed by atoms with Gasteiger partial charge in [0.2, 0.25) is 5.91 Å². The van der Waals surface area contributed by atoms with Gasteiger partial charge in [0.15, 0.2) is 0 Å². The lowest BCUT2D eigenvalue weighted by molar-refractivity contribution is -0.121. The molecule has 0 saturated carbocycles. The van der Waals surface area contributed by atoms with Crippen LogP contribution in [0.4, 0.5) is 0 Å². The molecule has 1 saturated heterocycles. The number of ether oxygens (including phenoxy) is 1. The number of hydrogen-bond donors (Lipinski definition) is 2. The molecule has 5 nitrogen and oxygen atoms in total. The van der Waals surface area contributed by atoms with Crippen molar-refractivity contribution in [1.82, 2.24) is 15.5 Å². The van der Waals surface area contributed by atoms with E-state index in [0.717, 1.165) is 32.8 Å². The largest absolute Gasteiger partial charge is 0.374 e. The Morgan fingerprint density at radius 3 is 3.00 bits per heavy atom. The van der Waals surface area contributed by atoms with Crippen molar-refractivity contribution in [1.29, 1.82) is 0 Å². The van der Waals surface area contributed by atoms with Crippen molar-refractivity contribution in [3.8, 4) is 0 Å². The maximum atomic E-state index is 11.1. The highest BCUT2D eigenvalue weighted by Crippen LogP contribution is 2.04. The normalized spacial score (nSPS) is 22.7. The number of rotatable bonds is 5. The van der Waals surface area contributed by atoms with Crippen LogP contribution in [0.1, 0.15) is 6.42 Å². The van der Waals surface area contributed by atoms with Crippen molar-refractivity contribution >= 4 is 5.91 Å². The molecule has 15 heavy (non-hydrogen) atoms. The van der Waals surface area contributed by atoms with E-state index in [4.69, 9.17) is 4.74 Å². The first-order chi connectivity index (χ1) is 7.26. The quantitative estimate of drug-likeness (QED) is 0.620. The number of likely N-dealkylation sites (N-methyl/N-ethyl adjacent to an activating group) is 1. The fraction of sp³-hybridized carbons (Fsp3) is 0.900. The summed E-state index contributed by atoms with van der Waals surface area (Å²) in [5.74, 6) is 0.103. The second kappa shape index (κ2) is 6.76. The first-order valence-corrected chi connectivity index (χ1v) is 5.45. The summed E-state index contributed by atoms with van der Waals surface area (Å²) in [5.41, 5.74) is 0. The highest BCUT2D eigenvalue weighted by Gasteiger charge is 2.19. The number of hydrogen-bond acceptors (Lipinski definition) is 4. The van der Waals surface area contributed by atoms with Gasteiger partial charge in [0, 0.05) is 39.6 Å². The molecule has 1 atom stereocenters. The molecule has 1 fully saturated rings. The molecule has 1 amide bonds. The third-order valence-electron chi connectivity index (χ3n) is 2.59. The molecule has 1 unspecified atom stereocenters. The van der Waals surface area contributed by atoms with Crippen LogP contribution >= 0.6 is 0 Å². The highest BCUT2D eigenvalue weighted by atomic mass is 16.5. The van der Waals surface area contributed by atoms with Gasteiger partial charge in [0.1, 0.15) is 0 Å². The summed E-state index contributed by atoms with van der Waals surface area (Å²) >= 11 is 0. The van der Waals surface area contributed by atoms with Crippen LogP contribution in [0.3, 0.4) is 0 Å². The average molecular weight is 215 g/mol. The van der Waals surface area contributed by atoms with Crippen LogP contribution in [0.2, 0.25) is 0 Å². The average Bonchev–Trinajstić information content (AvgIpc) is 2.27. The summed E-state index contributed by atoms with van der Waals surface area (Å²) in [6.45, 7) is 4.30. The van der Waals surface area contributed by atoms with E-state index in [9.17, 15) is 4.79 Å². The van der Waals surface area contributed by atoms with E-state index in [1.165, 1.54) is 0 Å². The molecule has 0 spiro atoms. The Morgan fingerprint density at radius 1 is 1.53 bits per heavy atom. The molecule has 1 aliphatic rings. The smallest absolute Gasteiger partial charge is 0.221 e. The molecule has 5 heteroatoms. The number of carbonyl (C=O) groups excluding carboxylic acids is 1. The van der Waals surface area contributed by atoms with E-state index in [-0.39, 0.29) is 12.0 Å². The Kier molecular flexibility index (Phi) is 5.60. The molecule has 0 aromatic rings. The van der Waals surface area contributed by atoms with Crippen LogP contribution < -0.4 is 10.6 Å². The summed E-state index contributed by atoms with van der Waals surface area (Å²) in [6, 6.07) is 0. The van der Waals surface area contributed by atoms with Gasteiger partial charge in [-0.2, -0.15) is 0 Å². The van der Waals surface area contributed by atoms with Crippen molar-refractivity contribution in [2.45, 2.75) is 12.5 Å². The molecule has 0 bridgehead atoms. The minimum atomic E-state index is 0.103. The fourth-order valence-electron chi connectivity index (χ4n) is 1.72. The van der Waals surface area contributed by atoms with Gasteiger partial charge in [-0.3, -0.25) is 9.69 Å². The lowest BCUT2D eigenvalue weighted by Gasteiger charge is -2.32. The molecule has 0 aliphatic carbocycles. The van der Waals surface area contributed by atoms with Gasteiger partial charge in [-0.15, -0.1) is 0 Å². The number of carbonyl (C=O) groups is 1. The molecule has 0 aromatic heterocycles. The molecule has 1 rings (SSSR count). The van der Waals surface area contributed by atoms with E-state index in [0.29, 0.717) is 6.42 Å². The van der Waals surface area contributed by atoms with Crippen LogP contribution in [0, 0.1) is 0 Å². The zero-order chi connectivity index (χ0) is 11.1. The second-order valence-corrected chi connectivity index (χ2v) is 3.77. The molecule has 1 heterocycles. The monoisotopic (exact) mass is 215 g/mol. The Balaban J connectivity index is 2.21. The summed E-state index contributed by atoms with van der Waals surface area (Å²) in [6.07, 6.45) is 0.830. The van der Waals surface area contributed by atoms with Crippen molar-refractivity contribution in [3.63, 3.8) is 0 Å². The Hall–Kier alpha value is -0.650. The van der Waals surface area contributed by atoms with Gasteiger partial charge in [-0.25, -0.2) is 0 Å². The highest BCUT2D eigenvalue weighted by molar-refractivity contribution is 5.75. The lowest BCUT2D eigenvalue weighted by atomic mass is 10.2. The van der Waals surface area contributed by atoms with Crippen molar-refractivity contribution in [2.24, 2.45) is 0 Å². The third kappa shape index (κ3) is 4.59. The van der Waals surface area contributed by atoms with Gasteiger partial charge in [0.05, 0.1) is 12.7 Å². The second-order valence-electron chi connectivity index (χ2n) is 3.77. The molecular weight excluding hydrogens is 194 g/mol. The topological polar surface area (TPSA) is 53.6 Å². The van der Waals surface area contributed by atoms with E-state index in [1.54, 1.807) is 7.05 Å². The molecule has 1 aliphatic heterocycles. The summed E-state index contributed by atoms with van der Waals surface area (Å²) in [7, 11) is 3.60. The predicted octanol–water partition coefficient (Wildman–Crippen LogP) is -0.957. The maximum Gasteiger partial charge on any atom is 0.221 e. The van der Waals surface area contributed by atoms with Crippen molar-refractivity contribution in [2.75, 3.05) is 46.9 Å². The molecule has 0 aromatic carbocycles. The van der Waals surface area contributed by atoms with Crippen LogP contribution in [-0.2, 0) is 9.53 Å². The van der Waals surface area contributed by atoms with Gasteiger partial charge >= 0.3 is 0 Å². The van der Waals surface area contributed by atoms with E-state index < -0.39 is 0 Å². The van der Waals surface area contributed by atoms with Crippen molar-refractivity contribution < 1.29 is 9.53 Å². The number of nitrogens with zero attached hydrogens (tertiary/aromatic N) is 1. The van der Waals surface area contributed by atoms with Crippen LogP contribution in [-0.4, -0.2) is 63.8 Å². The molecule has 2 N–H and O–H groups in total. The summed E-state index contributed by atoms with van der Waals surface area (Å²) in [4.78, 5) is 13.4. The fourth-order valence-corrected chi connectivity index (χ4v) is 1.72. The Bertz CT molecular complexity index is 197. The maximum absolute atomic E-state index is 11.1. The third-order valence-corrected chi connectivity index (χ3v) is 2.59. The lowest BCUT2D eigenvalue weighted by Crippen LogP contribution is -2.46. The number of amides is 1. The molecular formula is C10H21N3O2. The minimum absolute atomic E-state index is 0.103. The minimum Gasteiger partial charge on any atom is -0.374 e. The number of morpholine rings is 1. The zero-order valence-corrected chi connectivity index (χ0v) is 9.58. The van der Waals surface area contributed by atoms with Crippen LogP contribution in [0.5, 0.6) is 0 Å². The standard InChI is InChI=1S/C10H21N3O2/c1-11-7-9-8-13(5-6-15-9)4-3-10(14)12-2/h9,11H,3-8H2,1-2H3,(H,12,14). The summed E-state index contributed by atoms with van der Waals surface area (Å²) < 4.78 is 5.58. The number of nitrogens with one attached hydrogen (secondary N) is 2. The first kappa shape index (κ1) is 12.4. The Morgan fingerprint density at radius 2 is 2.33 bits per heavy atom. The SMILES string of the molecule is CNCC1CN(CCC(=O)NC)CCO1. The molecule has 0 radical (unpaired) electrons. The van der Waals surface area contributed by atoms with Gasteiger partial charge in [0.25, 0.3) is 0 Å². The molecule has 88 valence electrons. The van der Waals surface area contributed by atoms with E-state index >= 15 is 0 Å².